The zero-order chi connectivity index (χ0) is 18.8. The van der Waals surface area contributed by atoms with Crippen molar-refractivity contribution in [1.82, 2.24) is 0 Å². The minimum Gasteiger partial charge on any atom is -0.496 e. The highest BCUT2D eigenvalue weighted by Crippen LogP contribution is 2.39. The number of aliphatic hydroxyl groups is 1. The van der Waals surface area contributed by atoms with Crippen molar-refractivity contribution >= 4 is 36.4 Å². The number of rotatable bonds is 11. The third kappa shape index (κ3) is 5.87. The lowest BCUT2D eigenvalue weighted by Gasteiger charge is -2.22. The first-order valence-electron chi connectivity index (χ1n) is 7.84. The van der Waals surface area contributed by atoms with E-state index in [1.165, 1.54) is 0 Å². The first kappa shape index (κ1) is 22.3. The first-order chi connectivity index (χ1) is 12.0. The van der Waals surface area contributed by atoms with E-state index in [4.69, 9.17) is 14.2 Å². The normalized spacial score (nSPS) is 11.5. The molecule has 0 heterocycles. The van der Waals surface area contributed by atoms with E-state index in [0.29, 0.717) is 36.7 Å². The van der Waals surface area contributed by atoms with Gasteiger partial charge >= 0.3 is 0 Å². The van der Waals surface area contributed by atoms with E-state index >= 15 is 0 Å². The fraction of sp³-hybridized carbons (Fsp3) is 0.500. The van der Waals surface area contributed by atoms with Crippen LogP contribution in [0.25, 0.3) is 0 Å². The maximum absolute atomic E-state index is 11.8. The van der Waals surface area contributed by atoms with Gasteiger partial charge in [-0.25, -0.2) is 0 Å². The third-order valence-electron chi connectivity index (χ3n) is 3.83. The van der Waals surface area contributed by atoms with Crippen molar-refractivity contribution in [3.05, 3.63) is 33.9 Å². The number of aldehydes is 1. The van der Waals surface area contributed by atoms with E-state index in [0.717, 1.165) is 34.3 Å². The van der Waals surface area contributed by atoms with Crippen LogP contribution in [0.3, 0.4) is 0 Å². The lowest BCUT2D eigenvalue weighted by molar-refractivity contribution is 0.111. The standard InChI is InChI=1S/C18H25IO5S/c1-12(9-20)5-6-14-17(23-4)13(2)16(11-22-3)15(10-21)18(14)24-7-8-25-19/h5,10,20H,6-9,11H2,1-4H3/b12-5+. The van der Waals surface area contributed by atoms with Crippen LogP contribution in [0.15, 0.2) is 11.6 Å². The lowest BCUT2D eigenvalue weighted by Crippen LogP contribution is -2.11. The first-order valence-corrected chi connectivity index (χ1v) is 11.4. The average Bonchev–Trinajstić information content (AvgIpc) is 2.62. The van der Waals surface area contributed by atoms with Crippen LogP contribution < -0.4 is 9.47 Å². The van der Waals surface area contributed by atoms with Crippen molar-refractivity contribution in [3.8, 4) is 11.5 Å². The molecule has 0 aliphatic carbocycles. The second kappa shape index (κ2) is 11.8. The molecule has 0 bridgehead atoms. The zero-order valence-electron chi connectivity index (χ0n) is 15.1. The molecule has 140 valence electrons. The van der Waals surface area contributed by atoms with Gasteiger partial charge in [-0.15, -0.1) is 0 Å². The second-order valence-corrected chi connectivity index (χ2v) is 7.98. The molecule has 1 aromatic carbocycles. The summed E-state index contributed by atoms with van der Waals surface area (Å²) in [5, 5.41) is 9.24. The molecule has 25 heavy (non-hydrogen) atoms. The Labute approximate surface area is 165 Å². The molecule has 0 saturated carbocycles. The summed E-state index contributed by atoms with van der Waals surface area (Å²) in [7, 11) is 4.84. The van der Waals surface area contributed by atoms with Crippen molar-refractivity contribution in [2.45, 2.75) is 26.9 Å². The van der Waals surface area contributed by atoms with Crippen molar-refractivity contribution in [2.75, 3.05) is 33.2 Å². The number of carbonyl (C=O) groups excluding carboxylic acids is 1. The highest BCUT2D eigenvalue weighted by molar-refractivity contribution is 14.2. The highest BCUT2D eigenvalue weighted by atomic mass is 127. The molecule has 0 spiro atoms. The SMILES string of the molecule is COCc1c(C)c(OC)c(C/C=C(\C)CO)c(OCCSI)c1C=O. The van der Waals surface area contributed by atoms with Gasteiger partial charge in [-0.2, -0.15) is 0 Å². The smallest absolute Gasteiger partial charge is 0.154 e. The summed E-state index contributed by atoms with van der Waals surface area (Å²) >= 11 is 2.21. The molecule has 0 unspecified atom stereocenters. The maximum Gasteiger partial charge on any atom is 0.154 e. The van der Waals surface area contributed by atoms with Gasteiger partial charge in [0.2, 0.25) is 0 Å². The monoisotopic (exact) mass is 480 g/mol. The summed E-state index contributed by atoms with van der Waals surface area (Å²) in [6.07, 6.45) is 3.25. The molecule has 0 fully saturated rings. The summed E-state index contributed by atoms with van der Waals surface area (Å²) in [4.78, 5) is 11.8. The van der Waals surface area contributed by atoms with Crippen LogP contribution in [0.2, 0.25) is 0 Å². The number of hydrogen-bond acceptors (Lipinski definition) is 6. The molecule has 0 aliphatic heterocycles. The Hall–Kier alpha value is -0.770. The summed E-state index contributed by atoms with van der Waals surface area (Å²) in [6, 6.07) is 0. The van der Waals surface area contributed by atoms with E-state index in [9.17, 15) is 9.90 Å². The molecular weight excluding hydrogens is 455 g/mol. The fourth-order valence-corrected chi connectivity index (χ4v) is 3.25. The van der Waals surface area contributed by atoms with Gasteiger partial charge in [-0.05, 0) is 52.6 Å². The van der Waals surface area contributed by atoms with Crippen molar-refractivity contribution in [2.24, 2.45) is 0 Å². The zero-order valence-corrected chi connectivity index (χ0v) is 18.0. The number of aliphatic hydroxyl groups excluding tert-OH is 1. The minimum absolute atomic E-state index is 0.00867. The van der Waals surface area contributed by atoms with Gasteiger partial charge in [-0.3, -0.25) is 4.79 Å². The Balaban J connectivity index is 3.56. The molecule has 1 rings (SSSR count). The number of benzene rings is 1. The number of ether oxygens (including phenoxy) is 3. The molecule has 1 aromatic rings. The topological polar surface area (TPSA) is 65.0 Å². The van der Waals surface area contributed by atoms with Crippen molar-refractivity contribution in [1.29, 1.82) is 0 Å². The van der Waals surface area contributed by atoms with Gasteiger partial charge in [0, 0.05) is 18.4 Å². The van der Waals surface area contributed by atoms with Crippen LogP contribution in [0.4, 0.5) is 0 Å². The summed E-state index contributed by atoms with van der Waals surface area (Å²) in [5.41, 5.74) is 3.81. The van der Waals surface area contributed by atoms with Gasteiger partial charge in [0.25, 0.3) is 0 Å². The van der Waals surface area contributed by atoms with E-state index in [1.54, 1.807) is 23.2 Å². The fourth-order valence-electron chi connectivity index (χ4n) is 2.57. The van der Waals surface area contributed by atoms with Crippen LogP contribution in [-0.2, 0) is 17.8 Å². The molecule has 7 heteroatoms. The van der Waals surface area contributed by atoms with Gasteiger partial charge in [-0.1, -0.05) is 20.6 Å². The summed E-state index contributed by atoms with van der Waals surface area (Å²) in [5.74, 6) is 2.04. The Morgan fingerprint density at radius 1 is 1.28 bits per heavy atom. The number of hydrogen-bond donors (Lipinski definition) is 1. The highest BCUT2D eigenvalue weighted by Gasteiger charge is 2.23. The molecule has 0 atom stereocenters. The van der Waals surface area contributed by atoms with Crippen LogP contribution in [0, 0.1) is 6.92 Å². The van der Waals surface area contributed by atoms with Crippen molar-refractivity contribution < 1.29 is 24.1 Å². The van der Waals surface area contributed by atoms with Crippen LogP contribution >= 0.6 is 30.1 Å². The Bertz CT molecular complexity index is 616. The average molecular weight is 480 g/mol. The predicted octanol–water partition coefficient (Wildman–Crippen LogP) is 3.91. The number of carbonyl (C=O) groups is 1. The molecule has 0 aliphatic rings. The van der Waals surface area contributed by atoms with Crippen LogP contribution in [0.5, 0.6) is 11.5 Å². The summed E-state index contributed by atoms with van der Waals surface area (Å²) < 4.78 is 16.9. The Kier molecular flexibility index (Phi) is 10.5. The van der Waals surface area contributed by atoms with E-state index in [1.807, 2.05) is 19.9 Å². The molecule has 5 nitrogen and oxygen atoms in total. The quantitative estimate of drug-likeness (QED) is 0.224. The molecule has 1 N–H and O–H groups in total. The maximum atomic E-state index is 11.8. The minimum atomic E-state index is -0.00867. The van der Waals surface area contributed by atoms with Gasteiger partial charge < -0.3 is 19.3 Å². The third-order valence-corrected chi connectivity index (χ3v) is 5.47. The predicted molar refractivity (Wildman–Crippen MR) is 110 cm³/mol. The van der Waals surface area contributed by atoms with Crippen LogP contribution in [0.1, 0.15) is 34.0 Å². The number of methoxy groups -OCH3 is 2. The van der Waals surface area contributed by atoms with Gasteiger partial charge in [0.05, 0.1) is 32.5 Å². The molecule has 0 radical (unpaired) electrons. The summed E-state index contributed by atoms with van der Waals surface area (Å²) in [6.45, 7) is 4.55. The molecule has 0 aromatic heterocycles. The largest absolute Gasteiger partial charge is 0.496 e. The molecule has 0 amide bonds. The van der Waals surface area contributed by atoms with E-state index in [2.05, 4.69) is 21.2 Å². The number of halogens is 1. The van der Waals surface area contributed by atoms with E-state index < -0.39 is 0 Å². The molecular formula is C18H25IO5S. The lowest BCUT2D eigenvalue weighted by atomic mass is 9.94. The Morgan fingerprint density at radius 3 is 2.52 bits per heavy atom. The van der Waals surface area contributed by atoms with Gasteiger partial charge in [0.1, 0.15) is 11.5 Å². The Morgan fingerprint density at radius 2 is 2.00 bits per heavy atom. The van der Waals surface area contributed by atoms with E-state index in [-0.39, 0.29) is 6.61 Å². The second-order valence-electron chi connectivity index (χ2n) is 5.48. The van der Waals surface area contributed by atoms with Gasteiger partial charge in [0.15, 0.2) is 6.29 Å². The van der Waals surface area contributed by atoms with Crippen molar-refractivity contribution in [3.63, 3.8) is 0 Å². The van der Waals surface area contributed by atoms with Crippen LogP contribution in [-0.4, -0.2) is 44.6 Å². The number of allylic oxidation sites excluding steroid dienone is 1. The molecule has 0 saturated heterocycles.